The molecule has 1 amide bonds. The van der Waals surface area contributed by atoms with Crippen LogP contribution < -0.4 is 9.64 Å². The van der Waals surface area contributed by atoms with E-state index in [0.29, 0.717) is 16.9 Å². The summed E-state index contributed by atoms with van der Waals surface area (Å²) in [6.07, 6.45) is 0. The summed E-state index contributed by atoms with van der Waals surface area (Å²) in [7, 11) is 1.50. The Morgan fingerprint density at radius 3 is 2.41 bits per heavy atom. The number of ether oxygens (including phenoxy) is 1. The van der Waals surface area contributed by atoms with Crippen LogP contribution in [-0.4, -0.2) is 29.0 Å². The molecule has 4 rings (SSSR count). The number of phenols is 1. The molecule has 0 aliphatic carbocycles. The van der Waals surface area contributed by atoms with Gasteiger partial charge in [0.2, 0.25) is 0 Å². The number of hydrogen-bond acceptors (Lipinski definition) is 5. The topological polar surface area (TPSA) is 87.1 Å². The summed E-state index contributed by atoms with van der Waals surface area (Å²) >= 11 is 0. The van der Waals surface area contributed by atoms with Crippen LogP contribution in [-0.2, 0) is 9.59 Å². The number of amides is 1. The molecule has 6 nitrogen and oxygen atoms in total. The predicted molar refractivity (Wildman–Crippen MR) is 122 cm³/mol. The normalized spacial score (nSPS) is 17.3. The number of aliphatic hydroxyl groups is 1. The number of methoxy groups -OCH3 is 1. The Morgan fingerprint density at radius 2 is 1.74 bits per heavy atom. The summed E-state index contributed by atoms with van der Waals surface area (Å²) in [6, 6.07) is 10.2. The first kappa shape index (κ1) is 23.0. The van der Waals surface area contributed by atoms with Crippen LogP contribution in [0.15, 0.2) is 60.2 Å². The zero-order valence-corrected chi connectivity index (χ0v) is 18.6. The average Bonchev–Trinajstić information content (AvgIpc) is 3.06. The van der Waals surface area contributed by atoms with Gasteiger partial charge in [0.25, 0.3) is 11.7 Å². The minimum absolute atomic E-state index is 0.167. The van der Waals surface area contributed by atoms with E-state index in [4.69, 9.17) is 4.74 Å². The van der Waals surface area contributed by atoms with Crippen LogP contribution >= 0.6 is 0 Å². The Hall–Kier alpha value is -4.20. The molecule has 0 aromatic heterocycles. The lowest BCUT2D eigenvalue weighted by Gasteiger charge is -2.26. The van der Waals surface area contributed by atoms with Gasteiger partial charge in [-0.15, -0.1) is 0 Å². The fourth-order valence-corrected chi connectivity index (χ4v) is 4.17. The van der Waals surface area contributed by atoms with Gasteiger partial charge < -0.3 is 14.9 Å². The quantitative estimate of drug-likeness (QED) is 0.324. The number of aliphatic hydroxyl groups excluding tert-OH is 1. The molecule has 1 saturated heterocycles. The second-order valence-electron chi connectivity index (χ2n) is 8.00. The predicted octanol–water partition coefficient (Wildman–Crippen LogP) is 4.92. The van der Waals surface area contributed by atoms with Crippen molar-refractivity contribution in [1.82, 2.24) is 0 Å². The third-order valence-corrected chi connectivity index (χ3v) is 5.80. The molecule has 1 atom stereocenters. The lowest BCUT2D eigenvalue weighted by molar-refractivity contribution is -0.132. The third kappa shape index (κ3) is 3.77. The maximum atomic E-state index is 14.7. The molecule has 1 aliphatic rings. The molecular formula is C26H21F2NO5. The van der Waals surface area contributed by atoms with Crippen LogP contribution in [0.5, 0.6) is 11.5 Å². The fraction of sp³-hybridized carbons (Fsp3) is 0.154. The maximum Gasteiger partial charge on any atom is 0.300 e. The summed E-state index contributed by atoms with van der Waals surface area (Å²) in [5.41, 5.74) is 0.976. The highest BCUT2D eigenvalue weighted by Crippen LogP contribution is 2.44. The molecular weight excluding hydrogens is 444 g/mol. The molecule has 1 unspecified atom stereocenters. The van der Waals surface area contributed by atoms with E-state index >= 15 is 0 Å². The number of carbonyl (C=O) groups is 2. The molecule has 0 radical (unpaired) electrons. The van der Waals surface area contributed by atoms with E-state index in [1.165, 1.54) is 31.4 Å². The average molecular weight is 465 g/mol. The van der Waals surface area contributed by atoms with Crippen LogP contribution in [0.3, 0.4) is 0 Å². The summed E-state index contributed by atoms with van der Waals surface area (Å²) in [4.78, 5) is 27.1. The van der Waals surface area contributed by atoms with E-state index in [2.05, 4.69) is 0 Å². The second-order valence-corrected chi connectivity index (χ2v) is 8.00. The Kier molecular flexibility index (Phi) is 5.83. The van der Waals surface area contributed by atoms with Gasteiger partial charge in [-0.25, -0.2) is 8.78 Å². The number of aromatic hydroxyl groups is 1. The number of halogens is 2. The molecule has 0 spiro atoms. The van der Waals surface area contributed by atoms with Crippen LogP contribution in [0.25, 0.3) is 5.76 Å². The molecule has 8 heteroatoms. The van der Waals surface area contributed by atoms with Crippen molar-refractivity contribution in [2.24, 2.45) is 0 Å². The molecule has 1 aliphatic heterocycles. The zero-order valence-electron chi connectivity index (χ0n) is 18.6. The number of hydrogen-bond donors (Lipinski definition) is 2. The molecule has 1 fully saturated rings. The van der Waals surface area contributed by atoms with Crippen LogP contribution in [0.4, 0.5) is 14.5 Å². The number of aryl methyl sites for hydroxylation is 2. The van der Waals surface area contributed by atoms with Crippen LogP contribution in [0.1, 0.15) is 28.3 Å². The van der Waals surface area contributed by atoms with Crippen LogP contribution in [0.2, 0.25) is 0 Å². The van der Waals surface area contributed by atoms with Gasteiger partial charge in [0.1, 0.15) is 28.9 Å². The highest BCUT2D eigenvalue weighted by molar-refractivity contribution is 6.51. The van der Waals surface area contributed by atoms with Crippen molar-refractivity contribution in [1.29, 1.82) is 0 Å². The minimum atomic E-state index is -1.31. The smallest absolute Gasteiger partial charge is 0.300 e. The Labute approximate surface area is 194 Å². The molecule has 174 valence electrons. The number of rotatable bonds is 4. The van der Waals surface area contributed by atoms with E-state index in [9.17, 15) is 28.6 Å². The molecule has 1 heterocycles. The number of Topliss-reactive ketones (excluding diaryl/α,β-unsaturated/α-hetero) is 1. The summed E-state index contributed by atoms with van der Waals surface area (Å²) < 4.78 is 34.0. The number of nitrogens with zero attached hydrogens (tertiary/aromatic N) is 1. The highest BCUT2D eigenvalue weighted by Gasteiger charge is 2.48. The zero-order chi connectivity index (χ0) is 24.7. The highest BCUT2D eigenvalue weighted by atomic mass is 19.1. The molecule has 2 N–H and O–H groups in total. The van der Waals surface area contributed by atoms with Gasteiger partial charge in [-0.05, 0) is 66.9 Å². The van der Waals surface area contributed by atoms with Crippen LogP contribution in [0, 0.1) is 25.5 Å². The standard InChI is InChI=1S/C26H21F2NO5/c1-13-10-21(34-3)14(2)9-18(13)24(31)22-23(15-5-4-6-17(30)11-15)29(26(33)25(22)32)20-12-16(27)7-8-19(20)28/h4-12,23,30-31H,1-3H3/b24-22+. The molecule has 0 bridgehead atoms. The van der Waals surface area contributed by atoms with Crippen molar-refractivity contribution in [2.45, 2.75) is 19.9 Å². The fourth-order valence-electron chi connectivity index (χ4n) is 4.17. The Bertz CT molecular complexity index is 1370. The van der Waals surface area contributed by atoms with Crippen molar-refractivity contribution in [2.75, 3.05) is 12.0 Å². The number of anilines is 1. The Balaban J connectivity index is 2.01. The first-order valence-electron chi connectivity index (χ1n) is 10.3. The number of ketones is 1. The van der Waals surface area contributed by atoms with Crippen molar-refractivity contribution in [3.05, 3.63) is 94.1 Å². The van der Waals surface area contributed by atoms with E-state index in [1.54, 1.807) is 26.0 Å². The van der Waals surface area contributed by atoms with Gasteiger partial charge in [0.05, 0.1) is 24.4 Å². The first-order chi connectivity index (χ1) is 16.1. The number of benzene rings is 3. The minimum Gasteiger partial charge on any atom is -0.508 e. The van der Waals surface area contributed by atoms with E-state index in [-0.39, 0.29) is 22.4 Å². The summed E-state index contributed by atoms with van der Waals surface area (Å²) in [5.74, 6) is -4.02. The lowest BCUT2D eigenvalue weighted by atomic mass is 9.93. The van der Waals surface area contributed by atoms with Gasteiger partial charge in [0.15, 0.2) is 0 Å². The summed E-state index contributed by atoms with van der Waals surface area (Å²) in [6.45, 7) is 3.45. The third-order valence-electron chi connectivity index (χ3n) is 5.80. The van der Waals surface area contributed by atoms with E-state index in [0.717, 1.165) is 23.1 Å². The summed E-state index contributed by atoms with van der Waals surface area (Å²) in [5, 5.41) is 21.3. The largest absolute Gasteiger partial charge is 0.508 e. The second kappa shape index (κ2) is 8.62. The van der Waals surface area contributed by atoms with Gasteiger partial charge in [-0.3, -0.25) is 14.5 Å². The van der Waals surface area contributed by atoms with Gasteiger partial charge in [-0.1, -0.05) is 12.1 Å². The molecule has 34 heavy (non-hydrogen) atoms. The lowest BCUT2D eigenvalue weighted by Crippen LogP contribution is -2.30. The number of carbonyl (C=O) groups excluding carboxylic acids is 2. The van der Waals surface area contributed by atoms with E-state index < -0.39 is 40.8 Å². The van der Waals surface area contributed by atoms with Gasteiger partial charge in [0, 0.05) is 11.6 Å². The van der Waals surface area contributed by atoms with Gasteiger partial charge >= 0.3 is 0 Å². The maximum absolute atomic E-state index is 14.7. The molecule has 3 aromatic carbocycles. The van der Waals surface area contributed by atoms with Crippen molar-refractivity contribution in [3.8, 4) is 11.5 Å². The van der Waals surface area contributed by atoms with Gasteiger partial charge in [-0.2, -0.15) is 0 Å². The number of phenolic OH excluding ortho intramolecular Hbond substituents is 1. The van der Waals surface area contributed by atoms with Crippen molar-refractivity contribution < 1.29 is 33.3 Å². The first-order valence-corrected chi connectivity index (χ1v) is 10.3. The van der Waals surface area contributed by atoms with Crippen molar-refractivity contribution in [3.63, 3.8) is 0 Å². The Morgan fingerprint density at radius 1 is 1.00 bits per heavy atom. The molecule has 3 aromatic rings. The monoisotopic (exact) mass is 465 g/mol. The van der Waals surface area contributed by atoms with Crippen molar-refractivity contribution >= 4 is 23.1 Å². The SMILES string of the molecule is COc1cc(C)c(/C(O)=C2\C(=O)C(=O)N(c3cc(F)ccc3F)C2c2cccc(O)c2)cc1C. The molecule has 0 saturated carbocycles. The van der Waals surface area contributed by atoms with E-state index in [1.807, 2.05) is 0 Å².